The summed E-state index contributed by atoms with van der Waals surface area (Å²) in [6.45, 7) is 10.4. The summed E-state index contributed by atoms with van der Waals surface area (Å²) in [7, 11) is 0. The molecule has 20 N–H and O–H groups in total. The molecule has 5 aromatic rings. The van der Waals surface area contributed by atoms with Crippen molar-refractivity contribution in [1.82, 2.24) is 63.1 Å². The number of rotatable bonds is 46. The molecule has 598 valence electrons. The fourth-order valence-electron chi connectivity index (χ4n) is 11.7. The van der Waals surface area contributed by atoms with Gasteiger partial charge in [-0.15, -0.1) is 0 Å². The molecule has 0 unspecified atom stereocenters. The van der Waals surface area contributed by atoms with Gasteiger partial charge in [0.25, 0.3) is 0 Å². The maximum atomic E-state index is 15.5. The Morgan fingerprint density at radius 2 is 1.25 bits per heavy atom. The molecule has 10 atom stereocenters. The minimum absolute atomic E-state index is 0.0506. The monoisotopic (exact) mass is 1530 g/mol. The number of halogens is 1. The average molecular weight is 1540 g/mol. The van der Waals surface area contributed by atoms with Crippen LogP contribution >= 0.6 is 0 Å². The maximum Gasteiger partial charge on any atom is 0.326 e. The number of primary amides is 1. The highest BCUT2D eigenvalue weighted by atomic mass is 19.1. The van der Waals surface area contributed by atoms with Gasteiger partial charge in [-0.2, -0.15) is 0 Å². The Morgan fingerprint density at radius 1 is 0.627 bits per heavy atom. The van der Waals surface area contributed by atoms with Gasteiger partial charge in [0.2, 0.25) is 65.0 Å². The topological polar surface area (TPSA) is 533 Å². The summed E-state index contributed by atoms with van der Waals surface area (Å²) in [6, 6.07) is 10.4. The van der Waals surface area contributed by atoms with Crippen molar-refractivity contribution in [3.63, 3.8) is 0 Å². The number of benzene rings is 4. The molecule has 0 saturated carbocycles. The van der Waals surface area contributed by atoms with Crippen LogP contribution in [0.3, 0.4) is 0 Å². The lowest BCUT2D eigenvalue weighted by Crippen LogP contribution is -2.67. The van der Waals surface area contributed by atoms with E-state index >= 15 is 4.39 Å². The highest BCUT2D eigenvalue weighted by Gasteiger charge is 2.43. The number of ether oxygens (including phenoxy) is 1. The molecule has 0 aliphatic rings. The van der Waals surface area contributed by atoms with Crippen molar-refractivity contribution >= 4 is 76.9 Å². The lowest BCUT2D eigenvalue weighted by Gasteiger charge is -2.34. The molecule has 0 fully saturated rings. The van der Waals surface area contributed by atoms with Crippen LogP contribution in [0.1, 0.15) is 126 Å². The molecule has 0 aliphatic heterocycles. The molecule has 0 bridgehead atoms. The molecule has 4 aromatic carbocycles. The van der Waals surface area contributed by atoms with Crippen molar-refractivity contribution in [3.8, 4) is 16.9 Å². The first-order valence-electron chi connectivity index (χ1n) is 36.0. The summed E-state index contributed by atoms with van der Waals surface area (Å²) < 4.78 is 21.4. The Balaban J connectivity index is 1.34. The molecular formula is C76H103FN14O19. The van der Waals surface area contributed by atoms with Crippen LogP contribution in [0, 0.1) is 25.1 Å². The summed E-state index contributed by atoms with van der Waals surface area (Å²) >= 11 is 0. The third kappa shape index (κ3) is 28.1. The van der Waals surface area contributed by atoms with E-state index in [0.29, 0.717) is 55.8 Å². The second-order valence-electron chi connectivity index (χ2n) is 27.7. The number of amides is 11. The molecule has 1 heterocycles. The van der Waals surface area contributed by atoms with E-state index in [-0.39, 0.29) is 24.9 Å². The Hall–Kier alpha value is -11.2. The van der Waals surface area contributed by atoms with Gasteiger partial charge in [0.1, 0.15) is 64.8 Å². The Morgan fingerprint density at radius 3 is 1.85 bits per heavy atom. The number of hydrogen-bond donors (Lipinski definition) is 18. The number of hydrogen-bond acceptors (Lipinski definition) is 19. The molecule has 0 saturated heterocycles. The second kappa shape index (κ2) is 43.1. The number of aliphatic hydroxyl groups excluding tert-OH is 3. The molecule has 0 spiro atoms. The number of imidazole rings is 1. The van der Waals surface area contributed by atoms with Crippen molar-refractivity contribution in [2.75, 3.05) is 32.8 Å². The van der Waals surface area contributed by atoms with Crippen LogP contribution in [0.15, 0.2) is 97.5 Å². The van der Waals surface area contributed by atoms with Gasteiger partial charge in [-0.25, -0.2) is 14.2 Å². The third-order valence-electron chi connectivity index (χ3n) is 18.0. The van der Waals surface area contributed by atoms with Crippen LogP contribution < -0.4 is 69.4 Å². The minimum atomic E-state index is -2.42. The third-order valence-corrected chi connectivity index (χ3v) is 18.0. The number of carboxylic acids is 2. The summed E-state index contributed by atoms with van der Waals surface area (Å²) in [5.41, 5.74) is 13.2. The average Bonchev–Trinajstić information content (AvgIpc) is 0.843. The van der Waals surface area contributed by atoms with E-state index in [1.807, 2.05) is 57.2 Å². The zero-order chi connectivity index (χ0) is 81.6. The van der Waals surface area contributed by atoms with Gasteiger partial charge in [0, 0.05) is 44.1 Å². The Kier molecular flexibility index (Phi) is 35.0. The number of aromatic amines is 1. The molecule has 11 amide bonds. The number of carboxylic acid groups (broad SMARTS) is 2. The quantitative estimate of drug-likeness (QED) is 0.0175. The number of aliphatic carboxylic acids is 2. The van der Waals surface area contributed by atoms with Crippen molar-refractivity contribution in [1.29, 1.82) is 0 Å². The first-order chi connectivity index (χ1) is 52.0. The molecule has 0 aliphatic carbocycles. The predicted molar refractivity (Wildman–Crippen MR) is 399 cm³/mol. The summed E-state index contributed by atoms with van der Waals surface area (Å²) in [5, 5.41) is 76.3. The van der Waals surface area contributed by atoms with Gasteiger partial charge in [0.05, 0.1) is 44.7 Å². The second-order valence-corrected chi connectivity index (χ2v) is 27.7. The molecule has 34 heteroatoms. The number of carbonyl (C=O) groups is 13. The highest BCUT2D eigenvalue weighted by molar-refractivity contribution is 6.06. The van der Waals surface area contributed by atoms with Gasteiger partial charge in [-0.05, 0) is 152 Å². The highest BCUT2D eigenvalue weighted by Crippen LogP contribution is 2.29. The molecular weight excluding hydrogens is 1430 g/mol. The lowest BCUT2D eigenvalue weighted by atomic mass is 9.90. The fraction of sp³-hybridized carbons (Fsp3) is 0.474. The SMILES string of the molecule is CCc1cc(OCCCCN)ccc1-c1ccc(C[C@H](NC(=O)[C@H](CC(=O)O)NC(=O)[C@H](CO)NC(=O)[C@@H](NC(=O)[C@](C)(Cc2ccccc2F)NC(=O)[C@@H](NC(=O)CNC(=O)[C@H](CCC(N)=O)NC(=O)C(C)(C)C(=O)NCCc2cnc[nH]2)[C@@H](C)O)[C@@H](C)O)C(=O)N[C@@H](CCCc2cc(C)cc(C)c2)C(=O)O)cc1. The van der Waals surface area contributed by atoms with Crippen molar-refractivity contribution in [2.45, 2.75) is 192 Å². The standard InChI is InChI=1S/C76H103FN14O19/c1-9-48-35-52(110-30-13-12-28-78)23-24-53(48)49-21-19-46(20-22-49)34-57(66(100)84-56(71(105)106)18-14-15-47-32-42(2)31-43(3)33-47)85-67(101)58(36-62(97)98)86-68(102)59(40-92)87-69(103)63(44(4)93)90-74(109)76(8,37-50-16-10-11-17-54(50)77)91-70(104)64(45(5)94)89-61(96)39-82-65(99)55(25-26-60(79)95)88-73(108)75(6,7)72(107)81-29-27-51-38-80-41-83-51/h10-11,16-17,19-24,31-33,35,38,41,44-45,55-59,63-64,92-94H,9,12-15,18,25-30,34,36-37,39-40,78H2,1-8H3,(H2,79,95)(H,80,83)(H,81,107)(H,82,99)(H,84,100)(H,85,101)(H,86,102)(H,87,103)(H,88,108)(H,89,96)(H,90,109)(H,91,104)(H,97,98)(H,105,106)/t44-,45-,55+,56+,57+,58+,59+,63+,64+,76+/m1/s1. The van der Waals surface area contributed by atoms with Crippen LogP contribution in [-0.2, 0) is 94.4 Å². The van der Waals surface area contributed by atoms with E-state index in [0.717, 1.165) is 73.1 Å². The number of carbonyl (C=O) groups excluding carboxylic acids is 11. The zero-order valence-corrected chi connectivity index (χ0v) is 62.9. The lowest BCUT2D eigenvalue weighted by molar-refractivity contribution is -0.143. The number of H-pyrrole nitrogens is 1. The zero-order valence-electron chi connectivity index (χ0n) is 62.9. The van der Waals surface area contributed by atoms with E-state index in [2.05, 4.69) is 63.1 Å². The van der Waals surface area contributed by atoms with Crippen molar-refractivity contribution in [2.24, 2.45) is 16.9 Å². The number of nitrogens with one attached hydrogen (secondary N) is 11. The number of aliphatic hydroxyl groups is 3. The summed E-state index contributed by atoms with van der Waals surface area (Å²) in [6.07, 6.45) is -0.522. The molecule has 110 heavy (non-hydrogen) atoms. The van der Waals surface area contributed by atoms with Gasteiger partial charge >= 0.3 is 11.9 Å². The molecule has 5 rings (SSSR count). The van der Waals surface area contributed by atoms with E-state index in [4.69, 9.17) is 16.2 Å². The van der Waals surface area contributed by atoms with Crippen LogP contribution in [0.4, 0.5) is 4.39 Å². The minimum Gasteiger partial charge on any atom is -0.494 e. The van der Waals surface area contributed by atoms with Gasteiger partial charge in [0.15, 0.2) is 0 Å². The maximum absolute atomic E-state index is 15.5. The van der Waals surface area contributed by atoms with E-state index in [9.17, 15) is 87.9 Å². The largest absolute Gasteiger partial charge is 0.494 e. The molecule has 33 nitrogen and oxygen atoms in total. The first kappa shape index (κ1) is 89.4. The van der Waals surface area contributed by atoms with E-state index in [1.165, 1.54) is 38.4 Å². The van der Waals surface area contributed by atoms with Crippen LogP contribution in [0.2, 0.25) is 0 Å². The number of nitrogens with two attached hydrogens (primary N) is 2. The number of aryl methyl sites for hydroxylation is 4. The summed E-state index contributed by atoms with van der Waals surface area (Å²) in [5.74, 6) is -15.8. The number of aromatic nitrogens is 2. The van der Waals surface area contributed by atoms with Crippen LogP contribution in [0.5, 0.6) is 5.75 Å². The number of unbranched alkanes of at least 4 members (excludes halogenated alkanes) is 1. The van der Waals surface area contributed by atoms with Crippen molar-refractivity contribution < 1.29 is 97.0 Å². The molecule has 0 radical (unpaired) electrons. The predicted octanol–water partition coefficient (Wildman–Crippen LogP) is -0.331. The van der Waals surface area contributed by atoms with E-state index < -0.39 is 187 Å². The first-order valence-corrected chi connectivity index (χ1v) is 36.0. The number of nitrogens with zero attached hydrogens (tertiary/aromatic N) is 1. The fourth-order valence-corrected chi connectivity index (χ4v) is 11.7. The van der Waals surface area contributed by atoms with Crippen LogP contribution in [-0.4, -0.2) is 205 Å². The van der Waals surface area contributed by atoms with Gasteiger partial charge in [-0.1, -0.05) is 84.8 Å². The van der Waals surface area contributed by atoms with Gasteiger partial charge in [-0.3, -0.25) is 57.5 Å². The van der Waals surface area contributed by atoms with Crippen LogP contribution in [0.25, 0.3) is 11.1 Å². The smallest absolute Gasteiger partial charge is 0.326 e. The van der Waals surface area contributed by atoms with Gasteiger partial charge < -0.3 is 99.9 Å². The normalized spacial score (nSPS) is 14.3. The Bertz CT molecular complexity index is 4010. The molecule has 1 aromatic heterocycles. The summed E-state index contributed by atoms with van der Waals surface area (Å²) in [4.78, 5) is 184. The van der Waals surface area contributed by atoms with Crippen molar-refractivity contribution in [3.05, 3.63) is 142 Å². The van der Waals surface area contributed by atoms with E-state index in [1.54, 1.807) is 30.5 Å². The Labute approximate surface area is 635 Å².